The average molecular weight is 280 g/mol. The molecule has 3 nitrogen and oxygen atoms in total. The minimum Gasteiger partial charge on any atom is -0.373 e. The van der Waals surface area contributed by atoms with E-state index >= 15 is 0 Å². The maximum Gasteiger partial charge on any atom is 0.0731 e. The number of hydrogen-bond donors (Lipinski definition) is 2. The van der Waals surface area contributed by atoms with Crippen LogP contribution in [0.1, 0.15) is 77.0 Å². The lowest BCUT2D eigenvalue weighted by Crippen LogP contribution is -2.55. The van der Waals surface area contributed by atoms with Gasteiger partial charge < -0.3 is 15.8 Å². The van der Waals surface area contributed by atoms with E-state index in [1.165, 1.54) is 77.0 Å². The van der Waals surface area contributed by atoms with Crippen LogP contribution >= 0.6 is 0 Å². The summed E-state index contributed by atoms with van der Waals surface area (Å²) in [6.45, 7) is 0. The molecule has 3 aliphatic rings. The van der Waals surface area contributed by atoms with Crippen molar-refractivity contribution in [3.63, 3.8) is 0 Å². The molecule has 4 atom stereocenters. The van der Waals surface area contributed by atoms with Gasteiger partial charge in [0.1, 0.15) is 0 Å². The fourth-order valence-electron chi connectivity index (χ4n) is 4.36. The molecule has 3 fully saturated rings. The lowest BCUT2D eigenvalue weighted by Gasteiger charge is -2.39. The molecule has 0 aromatic rings. The Morgan fingerprint density at radius 1 is 0.700 bits per heavy atom. The summed E-state index contributed by atoms with van der Waals surface area (Å²) in [4.78, 5) is 0. The second kappa shape index (κ2) is 7.24. The molecule has 0 spiro atoms. The quantitative estimate of drug-likeness (QED) is 0.832. The minimum atomic E-state index is 0.359. The van der Waals surface area contributed by atoms with Gasteiger partial charge in [0.15, 0.2) is 0 Å². The fourth-order valence-corrected chi connectivity index (χ4v) is 4.36. The van der Waals surface area contributed by atoms with Gasteiger partial charge in [-0.25, -0.2) is 0 Å². The highest BCUT2D eigenvalue weighted by atomic mass is 16.5. The zero-order valence-electron chi connectivity index (χ0n) is 12.9. The van der Waals surface area contributed by atoms with Crippen LogP contribution in [0, 0.1) is 0 Å². The van der Waals surface area contributed by atoms with E-state index in [-0.39, 0.29) is 0 Å². The summed E-state index contributed by atoms with van der Waals surface area (Å²) in [7, 11) is 0. The van der Waals surface area contributed by atoms with Crippen LogP contribution in [0.4, 0.5) is 0 Å². The molecule has 3 saturated carbocycles. The Bertz CT molecular complexity index is 291. The molecule has 3 N–H and O–H groups in total. The number of ether oxygens (including phenoxy) is 1. The molecule has 0 radical (unpaired) electrons. The third-order valence-corrected chi connectivity index (χ3v) is 5.62. The van der Waals surface area contributed by atoms with Gasteiger partial charge in [-0.05, 0) is 38.5 Å². The van der Waals surface area contributed by atoms with E-state index in [9.17, 15) is 0 Å². The van der Waals surface area contributed by atoms with Crippen molar-refractivity contribution < 1.29 is 4.74 Å². The van der Waals surface area contributed by atoms with E-state index in [2.05, 4.69) is 5.32 Å². The van der Waals surface area contributed by atoms with E-state index in [1.54, 1.807) is 0 Å². The fraction of sp³-hybridized carbons (Fsp3) is 1.00. The van der Waals surface area contributed by atoms with Crippen molar-refractivity contribution in [2.45, 2.75) is 107 Å². The molecule has 0 aromatic heterocycles. The summed E-state index contributed by atoms with van der Waals surface area (Å²) in [5.41, 5.74) is 6.30. The first-order valence-electron chi connectivity index (χ1n) is 9.00. The smallest absolute Gasteiger partial charge is 0.0731 e. The third-order valence-electron chi connectivity index (χ3n) is 5.62. The highest BCUT2D eigenvalue weighted by Crippen LogP contribution is 2.29. The van der Waals surface area contributed by atoms with Gasteiger partial charge in [0, 0.05) is 18.1 Å². The molecule has 0 heterocycles. The topological polar surface area (TPSA) is 47.3 Å². The summed E-state index contributed by atoms with van der Waals surface area (Å²) >= 11 is 0. The molecular formula is C17H32N2O. The highest BCUT2D eigenvalue weighted by molar-refractivity contribution is 4.91. The van der Waals surface area contributed by atoms with Crippen molar-refractivity contribution in [3.8, 4) is 0 Å². The molecule has 20 heavy (non-hydrogen) atoms. The van der Waals surface area contributed by atoms with E-state index in [4.69, 9.17) is 10.5 Å². The second-order valence-corrected chi connectivity index (χ2v) is 7.19. The van der Waals surface area contributed by atoms with Gasteiger partial charge in [-0.2, -0.15) is 0 Å². The Balaban J connectivity index is 1.53. The Labute approximate surface area is 124 Å². The molecule has 0 bridgehead atoms. The van der Waals surface area contributed by atoms with Crippen LogP contribution in [0.25, 0.3) is 0 Å². The summed E-state index contributed by atoms with van der Waals surface area (Å²) in [6.07, 6.45) is 16.6. The monoisotopic (exact) mass is 280 g/mol. The summed E-state index contributed by atoms with van der Waals surface area (Å²) < 4.78 is 6.44. The van der Waals surface area contributed by atoms with Crippen LogP contribution in [0.5, 0.6) is 0 Å². The predicted octanol–water partition coefficient (Wildman–Crippen LogP) is 3.12. The molecular weight excluding hydrogens is 248 g/mol. The van der Waals surface area contributed by atoms with Crippen LogP contribution in [0.3, 0.4) is 0 Å². The Kier molecular flexibility index (Phi) is 5.36. The van der Waals surface area contributed by atoms with Crippen LogP contribution < -0.4 is 11.1 Å². The first-order chi connectivity index (χ1) is 9.83. The zero-order valence-corrected chi connectivity index (χ0v) is 12.9. The van der Waals surface area contributed by atoms with E-state index in [1.807, 2.05) is 0 Å². The predicted molar refractivity (Wildman–Crippen MR) is 82.8 cm³/mol. The van der Waals surface area contributed by atoms with Gasteiger partial charge in [0.25, 0.3) is 0 Å². The summed E-state index contributed by atoms with van der Waals surface area (Å²) in [5, 5.41) is 3.88. The van der Waals surface area contributed by atoms with Crippen molar-refractivity contribution >= 4 is 0 Å². The number of nitrogens with one attached hydrogen (secondary N) is 1. The van der Waals surface area contributed by atoms with Crippen molar-refractivity contribution in [2.24, 2.45) is 5.73 Å². The largest absolute Gasteiger partial charge is 0.373 e. The Hall–Kier alpha value is -0.120. The van der Waals surface area contributed by atoms with Crippen LogP contribution in [-0.2, 0) is 4.74 Å². The summed E-state index contributed by atoms with van der Waals surface area (Å²) in [6, 6.07) is 1.44. The second-order valence-electron chi connectivity index (χ2n) is 7.19. The van der Waals surface area contributed by atoms with Crippen LogP contribution in [0.2, 0.25) is 0 Å². The van der Waals surface area contributed by atoms with Crippen molar-refractivity contribution in [1.82, 2.24) is 5.32 Å². The first-order valence-corrected chi connectivity index (χ1v) is 9.00. The molecule has 0 aliphatic heterocycles. The average Bonchev–Trinajstić information content (AvgIpc) is 2.96. The highest BCUT2D eigenvalue weighted by Gasteiger charge is 2.32. The molecule has 0 unspecified atom stereocenters. The van der Waals surface area contributed by atoms with Gasteiger partial charge in [-0.1, -0.05) is 38.5 Å². The standard InChI is InChI=1S/C17H32N2O/c18-14-9-3-4-10-15(14)19-16-11-5-6-12-17(16)20-13-7-1-2-8-13/h13-17,19H,1-12,18H2/t14-,15-,16-,17+/m1/s1. The maximum atomic E-state index is 6.44. The molecule has 116 valence electrons. The molecule has 3 heteroatoms. The van der Waals surface area contributed by atoms with Gasteiger partial charge >= 0.3 is 0 Å². The molecule has 3 rings (SSSR count). The van der Waals surface area contributed by atoms with Crippen molar-refractivity contribution in [3.05, 3.63) is 0 Å². The summed E-state index contributed by atoms with van der Waals surface area (Å²) in [5.74, 6) is 0. The Morgan fingerprint density at radius 2 is 1.30 bits per heavy atom. The van der Waals surface area contributed by atoms with Gasteiger partial charge in [-0.3, -0.25) is 0 Å². The number of rotatable bonds is 4. The molecule has 0 saturated heterocycles. The maximum absolute atomic E-state index is 6.44. The van der Waals surface area contributed by atoms with E-state index in [0.29, 0.717) is 30.3 Å². The number of hydrogen-bond acceptors (Lipinski definition) is 3. The minimum absolute atomic E-state index is 0.359. The number of nitrogens with two attached hydrogens (primary N) is 1. The molecule has 0 aromatic carbocycles. The lowest BCUT2D eigenvalue weighted by atomic mass is 9.87. The van der Waals surface area contributed by atoms with Crippen LogP contribution in [0.15, 0.2) is 0 Å². The van der Waals surface area contributed by atoms with Crippen molar-refractivity contribution in [1.29, 1.82) is 0 Å². The normalized spacial score (nSPS) is 40.0. The lowest BCUT2D eigenvalue weighted by molar-refractivity contribution is -0.0465. The van der Waals surface area contributed by atoms with Gasteiger partial charge in [0.05, 0.1) is 12.2 Å². The van der Waals surface area contributed by atoms with Crippen LogP contribution in [-0.4, -0.2) is 30.3 Å². The third kappa shape index (κ3) is 3.75. The zero-order chi connectivity index (χ0) is 13.8. The van der Waals surface area contributed by atoms with Crippen molar-refractivity contribution in [2.75, 3.05) is 0 Å². The first kappa shape index (κ1) is 14.8. The Morgan fingerprint density at radius 3 is 2.05 bits per heavy atom. The molecule has 3 aliphatic carbocycles. The molecule has 0 amide bonds. The van der Waals surface area contributed by atoms with Gasteiger partial charge in [-0.15, -0.1) is 0 Å². The van der Waals surface area contributed by atoms with E-state index in [0.717, 1.165) is 0 Å². The SMILES string of the molecule is N[C@@H]1CCCC[C@H]1N[C@@H]1CCCC[C@@H]1OC1CCCC1. The van der Waals surface area contributed by atoms with E-state index < -0.39 is 0 Å². The van der Waals surface area contributed by atoms with Gasteiger partial charge in [0.2, 0.25) is 0 Å².